The van der Waals surface area contributed by atoms with E-state index in [9.17, 15) is 9.18 Å². The second kappa shape index (κ2) is 5.59. The summed E-state index contributed by atoms with van der Waals surface area (Å²) in [6.07, 6.45) is 0. The van der Waals surface area contributed by atoms with Crippen LogP contribution in [0.3, 0.4) is 0 Å². The number of hydrogen-bond donors (Lipinski definition) is 1. The number of carboxylic acids is 1. The SMILES string of the molecule is O=C(O)c1ccc(Oc2cc(Br)ccc2F)cc1Cl. The molecular formula is C13H7BrClFO3. The fraction of sp³-hybridized carbons (Fsp3) is 0. The first-order chi connectivity index (χ1) is 8.97. The molecule has 0 aliphatic rings. The molecule has 0 heterocycles. The summed E-state index contributed by atoms with van der Waals surface area (Å²) in [6, 6.07) is 8.31. The summed E-state index contributed by atoms with van der Waals surface area (Å²) in [5.74, 6) is -1.38. The van der Waals surface area contributed by atoms with Crippen molar-refractivity contribution >= 4 is 33.5 Å². The number of halogens is 3. The Labute approximate surface area is 121 Å². The summed E-state index contributed by atoms with van der Waals surface area (Å²) in [7, 11) is 0. The molecule has 6 heteroatoms. The summed E-state index contributed by atoms with van der Waals surface area (Å²) in [6.45, 7) is 0. The van der Waals surface area contributed by atoms with Gasteiger partial charge in [0.2, 0.25) is 0 Å². The van der Waals surface area contributed by atoms with Crippen molar-refractivity contribution in [2.45, 2.75) is 0 Å². The Morgan fingerprint density at radius 2 is 2.00 bits per heavy atom. The Morgan fingerprint density at radius 3 is 2.63 bits per heavy atom. The molecule has 0 unspecified atom stereocenters. The fourth-order valence-electron chi connectivity index (χ4n) is 1.42. The monoisotopic (exact) mass is 344 g/mol. The summed E-state index contributed by atoms with van der Waals surface area (Å²) in [5, 5.41) is 8.86. The maximum atomic E-state index is 13.5. The summed E-state index contributed by atoms with van der Waals surface area (Å²) < 4.78 is 19.5. The minimum Gasteiger partial charge on any atom is -0.478 e. The van der Waals surface area contributed by atoms with Crippen molar-refractivity contribution in [3.63, 3.8) is 0 Å². The van der Waals surface area contributed by atoms with Gasteiger partial charge >= 0.3 is 5.97 Å². The van der Waals surface area contributed by atoms with Gasteiger partial charge in [-0.1, -0.05) is 27.5 Å². The maximum Gasteiger partial charge on any atom is 0.337 e. The van der Waals surface area contributed by atoms with Crippen LogP contribution in [0.15, 0.2) is 40.9 Å². The lowest BCUT2D eigenvalue weighted by Gasteiger charge is -2.08. The lowest BCUT2D eigenvalue weighted by Crippen LogP contribution is -1.97. The molecule has 0 bridgehead atoms. The molecule has 0 spiro atoms. The van der Waals surface area contributed by atoms with Crippen molar-refractivity contribution in [2.24, 2.45) is 0 Å². The van der Waals surface area contributed by atoms with Crippen LogP contribution >= 0.6 is 27.5 Å². The molecule has 98 valence electrons. The van der Waals surface area contributed by atoms with E-state index in [4.69, 9.17) is 21.4 Å². The van der Waals surface area contributed by atoms with E-state index >= 15 is 0 Å². The molecule has 0 fully saturated rings. The molecule has 0 aliphatic heterocycles. The molecule has 0 aromatic heterocycles. The van der Waals surface area contributed by atoms with Gasteiger partial charge in [-0.15, -0.1) is 0 Å². The predicted octanol–water partition coefficient (Wildman–Crippen LogP) is 4.73. The van der Waals surface area contributed by atoms with Crippen LogP contribution in [0.5, 0.6) is 11.5 Å². The van der Waals surface area contributed by atoms with Gasteiger partial charge in [0.1, 0.15) is 5.75 Å². The van der Waals surface area contributed by atoms with Crippen LogP contribution in [0.25, 0.3) is 0 Å². The maximum absolute atomic E-state index is 13.5. The molecule has 0 saturated carbocycles. The Morgan fingerprint density at radius 1 is 1.26 bits per heavy atom. The van der Waals surface area contributed by atoms with Crippen LogP contribution in [0.2, 0.25) is 5.02 Å². The molecule has 2 rings (SSSR count). The average molecular weight is 346 g/mol. The lowest BCUT2D eigenvalue weighted by molar-refractivity contribution is 0.0697. The van der Waals surface area contributed by atoms with Crippen LogP contribution < -0.4 is 4.74 Å². The zero-order valence-corrected chi connectivity index (χ0v) is 11.7. The van der Waals surface area contributed by atoms with Crippen molar-refractivity contribution in [2.75, 3.05) is 0 Å². The highest BCUT2D eigenvalue weighted by molar-refractivity contribution is 9.10. The molecule has 0 amide bonds. The first-order valence-electron chi connectivity index (χ1n) is 5.13. The second-order valence-electron chi connectivity index (χ2n) is 3.62. The number of benzene rings is 2. The summed E-state index contributed by atoms with van der Waals surface area (Å²) >= 11 is 9.00. The van der Waals surface area contributed by atoms with E-state index in [1.807, 2.05) is 0 Å². The van der Waals surface area contributed by atoms with Crippen molar-refractivity contribution in [3.8, 4) is 11.5 Å². The number of carboxylic acid groups (broad SMARTS) is 1. The summed E-state index contributed by atoms with van der Waals surface area (Å²) in [5.41, 5.74) is -0.0382. The average Bonchev–Trinajstić information content (AvgIpc) is 2.33. The lowest BCUT2D eigenvalue weighted by atomic mass is 10.2. The standard InChI is InChI=1S/C13H7BrClFO3/c14-7-1-4-11(16)12(5-7)19-8-2-3-9(13(17)18)10(15)6-8/h1-6H,(H,17,18). The number of ether oxygens (including phenoxy) is 1. The van der Waals surface area contributed by atoms with Gasteiger partial charge in [0.05, 0.1) is 10.6 Å². The zero-order valence-electron chi connectivity index (χ0n) is 9.36. The smallest absolute Gasteiger partial charge is 0.337 e. The Bertz CT molecular complexity index is 646. The normalized spacial score (nSPS) is 10.3. The number of aromatic carboxylic acids is 1. The van der Waals surface area contributed by atoms with E-state index in [-0.39, 0.29) is 22.1 Å². The highest BCUT2D eigenvalue weighted by Crippen LogP contribution is 2.30. The minimum atomic E-state index is -1.13. The van der Waals surface area contributed by atoms with Crippen molar-refractivity contribution in [1.29, 1.82) is 0 Å². The van der Waals surface area contributed by atoms with E-state index in [2.05, 4.69) is 15.9 Å². The molecule has 1 N–H and O–H groups in total. The topological polar surface area (TPSA) is 46.5 Å². The van der Waals surface area contributed by atoms with Crippen LogP contribution in [-0.2, 0) is 0 Å². The molecular weight excluding hydrogens is 338 g/mol. The van der Waals surface area contributed by atoms with E-state index in [1.165, 1.54) is 30.3 Å². The van der Waals surface area contributed by atoms with Crippen molar-refractivity contribution < 1.29 is 19.0 Å². The molecule has 0 saturated heterocycles. The van der Waals surface area contributed by atoms with Gasteiger partial charge in [0, 0.05) is 10.5 Å². The molecule has 2 aromatic carbocycles. The molecule has 2 aromatic rings. The molecule has 3 nitrogen and oxygen atoms in total. The third kappa shape index (κ3) is 3.24. The van der Waals surface area contributed by atoms with Gasteiger partial charge in [-0.2, -0.15) is 0 Å². The predicted molar refractivity (Wildman–Crippen MR) is 72.6 cm³/mol. The Balaban J connectivity index is 2.31. The van der Waals surface area contributed by atoms with Crippen molar-refractivity contribution in [1.82, 2.24) is 0 Å². The number of hydrogen-bond acceptors (Lipinski definition) is 2. The quantitative estimate of drug-likeness (QED) is 0.874. The van der Waals surface area contributed by atoms with E-state index in [0.29, 0.717) is 4.47 Å². The Kier molecular flexibility index (Phi) is 4.07. The second-order valence-corrected chi connectivity index (χ2v) is 4.95. The minimum absolute atomic E-state index is 0.0218. The van der Waals surface area contributed by atoms with Gasteiger partial charge in [-0.25, -0.2) is 9.18 Å². The van der Waals surface area contributed by atoms with Crippen molar-refractivity contribution in [3.05, 3.63) is 57.3 Å². The molecule has 0 atom stereocenters. The first kappa shape index (κ1) is 13.8. The van der Waals surface area contributed by atoms with E-state index in [1.54, 1.807) is 6.07 Å². The summed E-state index contributed by atoms with van der Waals surface area (Å²) in [4.78, 5) is 10.8. The largest absolute Gasteiger partial charge is 0.478 e. The Hall–Kier alpha value is -1.59. The third-order valence-corrected chi connectivity index (χ3v) is 3.10. The zero-order chi connectivity index (χ0) is 14.0. The molecule has 19 heavy (non-hydrogen) atoms. The third-order valence-electron chi connectivity index (χ3n) is 2.29. The van der Waals surface area contributed by atoms with Gasteiger partial charge in [0.15, 0.2) is 11.6 Å². The van der Waals surface area contributed by atoms with Crippen LogP contribution in [-0.4, -0.2) is 11.1 Å². The highest BCUT2D eigenvalue weighted by atomic mass is 79.9. The van der Waals surface area contributed by atoms with Gasteiger partial charge < -0.3 is 9.84 Å². The van der Waals surface area contributed by atoms with E-state index in [0.717, 1.165) is 0 Å². The van der Waals surface area contributed by atoms with E-state index < -0.39 is 11.8 Å². The van der Waals surface area contributed by atoms with Gasteiger partial charge in [-0.3, -0.25) is 0 Å². The van der Waals surface area contributed by atoms with Gasteiger partial charge in [-0.05, 0) is 30.3 Å². The fourth-order valence-corrected chi connectivity index (χ4v) is 2.01. The number of rotatable bonds is 3. The highest BCUT2D eigenvalue weighted by Gasteiger charge is 2.11. The van der Waals surface area contributed by atoms with Crippen LogP contribution in [0.1, 0.15) is 10.4 Å². The van der Waals surface area contributed by atoms with Gasteiger partial charge in [0.25, 0.3) is 0 Å². The van der Waals surface area contributed by atoms with Crippen LogP contribution in [0, 0.1) is 5.82 Å². The van der Waals surface area contributed by atoms with Crippen LogP contribution in [0.4, 0.5) is 4.39 Å². The first-order valence-corrected chi connectivity index (χ1v) is 6.30. The molecule has 0 radical (unpaired) electrons. The number of carbonyl (C=O) groups is 1. The molecule has 0 aliphatic carbocycles.